The van der Waals surface area contributed by atoms with Gasteiger partial charge in [-0.2, -0.15) is 0 Å². The maximum absolute atomic E-state index is 14.3. The molecule has 0 saturated heterocycles. The number of hydrogen-bond acceptors (Lipinski definition) is 3. The molecular weight excluding hydrogens is 340 g/mol. The number of halogens is 3. The van der Waals surface area contributed by atoms with E-state index in [1.54, 1.807) is 0 Å². The number of anilines is 1. The molecule has 0 amide bonds. The van der Waals surface area contributed by atoms with Crippen LogP contribution in [0.25, 0.3) is 11.3 Å². The first kappa shape index (κ1) is 15.8. The molecular formula is C15H16BrF2N3. The molecule has 0 aliphatic carbocycles. The Bertz CT molecular complexity index is 647. The molecule has 0 saturated carbocycles. The summed E-state index contributed by atoms with van der Waals surface area (Å²) in [6.07, 6.45) is 2.84. The van der Waals surface area contributed by atoms with Crippen LogP contribution in [0.1, 0.15) is 25.8 Å². The number of rotatable bonds is 5. The molecule has 0 bridgehead atoms. The summed E-state index contributed by atoms with van der Waals surface area (Å²) in [6, 6.07) is 2.57. The first-order valence-electron chi connectivity index (χ1n) is 6.81. The van der Waals surface area contributed by atoms with E-state index in [1.165, 1.54) is 18.5 Å². The van der Waals surface area contributed by atoms with E-state index in [2.05, 4.69) is 31.2 Å². The Labute approximate surface area is 131 Å². The molecule has 0 atom stereocenters. The zero-order valence-corrected chi connectivity index (χ0v) is 13.5. The van der Waals surface area contributed by atoms with Crippen LogP contribution in [0.2, 0.25) is 0 Å². The van der Waals surface area contributed by atoms with Crippen LogP contribution < -0.4 is 5.32 Å². The van der Waals surface area contributed by atoms with Gasteiger partial charge in [-0.15, -0.1) is 0 Å². The SMILES string of the molecule is CCCNc1ncnc(-c2c(F)ccc(Br)c2F)c1CC. The van der Waals surface area contributed by atoms with Gasteiger partial charge in [0.2, 0.25) is 0 Å². The minimum Gasteiger partial charge on any atom is -0.370 e. The molecule has 21 heavy (non-hydrogen) atoms. The fourth-order valence-electron chi connectivity index (χ4n) is 2.10. The zero-order chi connectivity index (χ0) is 15.4. The Morgan fingerprint density at radius 1 is 1.19 bits per heavy atom. The Morgan fingerprint density at radius 2 is 1.95 bits per heavy atom. The third kappa shape index (κ3) is 3.20. The largest absolute Gasteiger partial charge is 0.370 e. The highest BCUT2D eigenvalue weighted by Gasteiger charge is 2.20. The molecule has 1 heterocycles. The second-order valence-electron chi connectivity index (χ2n) is 4.55. The Balaban J connectivity index is 2.62. The lowest BCUT2D eigenvalue weighted by molar-refractivity contribution is 0.584. The summed E-state index contributed by atoms with van der Waals surface area (Å²) in [5.74, 6) is -0.654. The summed E-state index contributed by atoms with van der Waals surface area (Å²) in [5.41, 5.74) is 0.882. The summed E-state index contributed by atoms with van der Waals surface area (Å²) in [4.78, 5) is 8.28. The molecule has 1 N–H and O–H groups in total. The topological polar surface area (TPSA) is 37.8 Å². The van der Waals surface area contributed by atoms with Crippen LogP contribution in [0.3, 0.4) is 0 Å². The molecule has 0 spiro atoms. The van der Waals surface area contributed by atoms with Crippen LogP contribution in [0.15, 0.2) is 22.9 Å². The summed E-state index contributed by atoms with van der Waals surface area (Å²) in [6.45, 7) is 4.69. The predicted molar refractivity (Wildman–Crippen MR) is 83.2 cm³/mol. The second-order valence-corrected chi connectivity index (χ2v) is 5.40. The maximum Gasteiger partial charge on any atom is 0.149 e. The van der Waals surface area contributed by atoms with Crippen molar-refractivity contribution in [1.82, 2.24) is 9.97 Å². The van der Waals surface area contributed by atoms with Crippen molar-refractivity contribution in [2.75, 3.05) is 11.9 Å². The lowest BCUT2D eigenvalue weighted by Gasteiger charge is -2.14. The average molecular weight is 356 g/mol. The maximum atomic E-state index is 14.3. The number of nitrogens with one attached hydrogen (secondary N) is 1. The van der Waals surface area contributed by atoms with Gasteiger partial charge in [0.25, 0.3) is 0 Å². The van der Waals surface area contributed by atoms with Crippen molar-refractivity contribution in [3.63, 3.8) is 0 Å². The Morgan fingerprint density at radius 3 is 2.62 bits per heavy atom. The van der Waals surface area contributed by atoms with Crippen LogP contribution in [-0.2, 0) is 6.42 Å². The molecule has 0 aliphatic rings. The average Bonchev–Trinajstić information content (AvgIpc) is 2.49. The van der Waals surface area contributed by atoms with Gasteiger partial charge in [0.1, 0.15) is 23.8 Å². The molecule has 2 rings (SSSR count). The number of aromatic nitrogens is 2. The lowest BCUT2D eigenvalue weighted by atomic mass is 10.0. The summed E-state index contributed by atoms with van der Waals surface area (Å²) < 4.78 is 28.6. The smallest absolute Gasteiger partial charge is 0.149 e. The number of benzene rings is 1. The van der Waals surface area contributed by atoms with E-state index < -0.39 is 11.6 Å². The van der Waals surface area contributed by atoms with Crippen molar-refractivity contribution in [3.8, 4) is 11.3 Å². The van der Waals surface area contributed by atoms with Crippen LogP contribution in [0.4, 0.5) is 14.6 Å². The van der Waals surface area contributed by atoms with Gasteiger partial charge in [0.05, 0.1) is 15.7 Å². The van der Waals surface area contributed by atoms with Crippen molar-refractivity contribution in [2.24, 2.45) is 0 Å². The van der Waals surface area contributed by atoms with Crippen LogP contribution >= 0.6 is 15.9 Å². The third-order valence-electron chi connectivity index (χ3n) is 3.12. The van der Waals surface area contributed by atoms with E-state index in [0.717, 1.165) is 13.0 Å². The summed E-state index contributed by atoms with van der Waals surface area (Å²) in [7, 11) is 0. The minimum atomic E-state index is -0.648. The van der Waals surface area contributed by atoms with Gasteiger partial charge in [-0.1, -0.05) is 13.8 Å². The van der Waals surface area contributed by atoms with Crippen molar-refractivity contribution < 1.29 is 8.78 Å². The van der Waals surface area contributed by atoms with Gasteiger partial charge >= 0.3 is 0 Å². The molecule has 0 radical (unpaired) electrons. The molecule has 3 nitrogen and oxygen atoms in total. The number of nitrogens with zero attached hydrogens (tertiary/aromatic N) is 2. The van der Waals surface area contributed by atoms with Gasteiger partial charge in [0.15, 0.2) is 0 Å². The quantitative estimate of drug-likeness (QED) is 0.798. The third-order valence-corrected chi connectivity index (χ3v) is 3.73. The predicted octanol–water partition coefficient (Wildman–Crippen LogP) is 4.57. The molecule has 2 aromatic rings. The molecule has 1 aromatic carbocycles. The van der Waals surface area contributed by atoms with Crippen LogP contribution in [0.5, 0.6) is 0 Å². The van der Waals surface area contributed by atoms with Crippen LogP contribution in [0, 0.1) is 11.6 Å². The van der Waals surface area contributed by atoms with E-state index in [9.17, 15) is 8.78 Å². The lowest BCUT2D eigenvalue weighted by Crippen LogP contribution is -2.08. The Kier molecular flexibility index (Phi) is 5.22. The van der Waals surface area contributed by atoms with E-state index in [4.69, 9.17) is 0 Å². The van der Waals surface area contributed by atoms with E-state index in [1.807, 2.05) is 13.8 Å². The van der Waals surface area contributed by atoms with Gasteiger partial charge in [-0.3, -0.25) is 0 Å². The highest BCUT2D eigenvalue weighted by Crippen LogP contribution is 2.33. The molecule has 0 unspecified atom stereocenters. The van der Waals surface area contributed by atoms with Gasteiger partial charge in [-0.25, -0.2) is 18.7 Å². The molecule has 0 aliphatic heterocycles. The minimum absolute atomic E-state index is 0.122. The normalized spacial score (nSPS) is 10.7. The first-order valence-corrected chi connectivity index (χ1v) is 7.61. The van der Waals surface area contributed by atoms with Gasteiger partial charge in [-0.05, 0) is 40.9 Å². The summed E-state index contributed by atoms with van der Waals surface area (Å²) >= 11 is 3.08. The van der Waals surface area contributed by atoms with Crippen molar-refractivity contribution >= 4 is 21.7 Å². The Hall–Kier alpha value is -1.56. The van der Waals surface area contributed by atoms with Gasteiger partial charge in [0, 0.05) is 12.1 Å². The first-order chi connectivity index (χ1) is 10.1. The fraction of sp³-hybridized carbons (Fsp3) is 0.333. The fourth-order valence-corrected chi connectivity index (χ4v) is 2.43. The van der Waals surface area contributed by atoms with Crippen molar-refractivity contribution in [3.05, 3.63) is 40.1 Å². The van der Waals surface area contributed by atoms with Crippen LogP contribution in [-0.4, -0.2) is 16.5 Å². The second kappa shape index (κ2) is 6.93. The van der Waals surface area contributed by atoms with E-state index in [0.29, 0.717) is 23.5 Å². The van der Waals surface area contributed by atoms with E-state index in [-0.39, 0.29) is 10.0 Å². The molecule has 0 fully saturated rings. The molecule has 6 heteroatoms. The zero-order valence-electron chi connectivity index (χ0n) is 11.9. The monoisotopic (exact) mass is 355 g/mol. The van der Waals surface area contributed by atoms with Crippen molar-refractivity contribution in [1.29, 1.82) is 0 Å². The molecule has 1 aromatic heterocycles. The number of hydrogen-bond donors (Lipinski definition) is 1. The van der Waals surface area contributed by atoms with Crippen molar-refractivity contribution in [2.45, 2.75) is 26.7 Å². The standard InChI is InChI=1S/C15H16BrF2N3/c1-3-7-19-15-9(4-2)14(20-8-21-15)12-11(17)6-5-10(16)13(12)18/h5-6,8H,3-4,7H2,1-2H3,(H,19,20,21). The van der Waals surface area contributed by atoms with Gasteiger partial charge < -0.3 is 5.32 Å². The molecule has 112 valence electrons. The van der Waals surface area contributed by atoms with E-state index >= 15 is 0 Å². The highest BCUT2D eigenvalue weighted by molar-refractivity contribution is 9.10. The summed E-state index contributed by atoms with van der Waals surface area (Å²) in [5, 5.41) is 3.17. The highest BCUT2D eigenvalue weighted by atomic mass is 79.9.